The van der Waals surface area contributed by atoms with Crippen molar-refractivity contribution in [3.05, 3.63) is 109 Å². The molecule has 0 atom stereocenters. The summed E-state index contributed by atoms with van der Waals surface area (Å²) in [4.78, 5) is 12.8. The van der Waals surface area contributed by atoms with Gasteiger partial charge in [-0.3, -0.25) is 9.48 Å². The van der Waals surface area contributed by atoms with Gasteiger partial charge in [-0.15, -0.1) is 0 Å². The number of ether oxygens (including phenoxy) is 1. The molecule has 0 aliphatic heterocycles. The summed E-state index contributed by atoms with van der Waals surface area (Å²) in [6, 6.07) is 19.4. The van der Waals surface area contributed by atoms with Gasteiger partial charge in [0.2, 0.25) is 0 Å². The predicted molar refractivity (Wildman–Crippen MR) is 138 cm³/mol. The second kappa shape index (κ2) is 10.7. The van der Waals surface area contributed by atoms with Gasteiger partial charge in [0.15, 0.2) is 5.82 Å². The van der Waals surface area contributed by atoms with Crippen LogP contribution in [0.15, 0.2) is 66.7 Å². The van der Waals surface area contributed by atoms with Crippen LogP contribution in [0, 0.1) is 6.92 Å². The van der Waals surface area contributed by atoms with Gasteiger partial charge in [-0.2, -0.15) is 5.10 Å². The third-order valence-corrected chi connectivity index (χ3v) is 6.29. The molecule has 34 heavy (non-hydrogen) atoms. The Kier molecular flexibility index (Phi) is 7.69. The Bertz CT molecular complexity index is 1350. The molecule has 0 saturated carbocycles. The topological polar surface area (TPSA) is 56.1 Å². The van der Waals surface area contributed by atoms with Crippen molar-refractivity contribution in [1.82, 2.24) is 9.78 Å². The van der Waals surface area contributed by atoms with E-state index in [1.165, 1.54) is 0 Å². The predicted octanol–water partition coefficient (Wildman–Crippen LogP) is 7.68. The smallest absolute Gasteiger partial charge is 0.256 e. The molecule has 0 aliphatic rings. The van der Waals surface area contributed by atoms with Crippen LogP contribution in [0.3, 0.4) is 0 Å². The molecule has 5 nitrogen and oxygen atoms in total. The number of rotatable bonds is 7. The lowest BCUT2D eigenvalue weighted by atomic mass is 10.1. The maximum absolute atomic E-state index is 12.8. The van der Waals surface area contributed by atoms with E-state index in [1.807, 2.05) is 25.1 Å². The zero-order valence-electron chi connectivity index (χ0n) is 18.0. The van der Waals surface area contributed by atoms with Crippen LogP contribution < -0.4 is 10.1 Å². The Morgan fingerprint density at radius 1 is 0.912 bits per heavy atom. The third kappa shape index (κ3) is 6.05. The van der Waals surface area contributed by atoms with E-state index in [0.717, 1.165) is 16.8 Å². The largest absolute Gasteiger partial charge is 0.487 e. The Hall–Kier alpha value is -2.70. The van der Waals surface area contributed by atoms with Crippen LogP contribution in [0.4, 0.5) is 5.82 Å². The summed E-state index contributed by atoms with van der Waals surface area (Å²) in [6.07, 6.45) is 0. The molecule has 4 rings (SSSR count). The molecule has 0 aliphatic carbocycles. The van der Waals surface area contributed by atoms with Crippen molar-refractivity contribution in [3.8, 4) is 5.75 Å². The first-order valence-corrected chi connectivity index (χ1v) is 11.8. The second-order valence-electron chi connectivity index (χ2n) is 7.59. The van der Waals surface area contributed by atoms with Gasteiger partial charge in [0.1, 0.15) is 12.4 Å². The zero-order chi connectivity index (χ0) is 24.2. The first-order chi connectivity index (χ1) is 16.3. The Balaban J connectivity index is 1.41. The number of aromatic nitrogens is 2. The van der Waals surface area contributed by atoms with Crippen LogP contribution >= 0.6 is 46.4 Å². The molecule has 0 fully saturated rings. The summed E-state index contributed by atoms with van der Waals surface area (Å²) >= 11 is 24.2. The molecular weight excluding hydrogens is 516 g/mol. The molecule has 1 amide bonds. The number of amides is 1. The number of carbonyl (C=O) groups is 1. The van der Waals surface area contributed by atoms with Crippen LogP contribution in [0.2, 0.25) is 20.1 Å². The van der Waals surface area contributed by atoms with Crippen molar-refractivity contribution < 1.29 is 9.53 Å². The molecule has 3 aromatic carbocycles. The summed E-state index contributed by atoms with van der Waals surface area (Å²) < 4.78 is 7.55. The highest BCUT2D eigenvalue weighted by Gasteiger charge is 2.12. The minimum absolute atomic E-state index is 0.250. The van der Waals surface area contributed by atoms with E-state index >= 15 is 0 Å². The summed E-state index contributed by atoms with van der Waals surface area (Å²) in [5.74, 6) is 0.701. The van der Waals surface area contributed by atoms with Crippen LogP contribution in [-0.2, 0) is 13.2 Å². The van der Waals surface area contributed by atoms with Crippen LogP contribution in [0.25, 0.3) is 0 Å². The van der Waals surface area contributed by atoms with Gasteiger partial charge in [0.05, 0.1) is 21.6 Å². The Labute approximate surface area is 217 Å². The normalized spacial score (nSPS) is 10.9. The summed E-state index contributed by atoms with van der Waals surface area (Å²) in [7, 11) is 0. The molecule has 9 heteroatoms. The summed E-state index contributed by atoms with van der Waals surface area (Å²) in [6.45, 7) is 2.67. The van der Waals surface area contributed by atoms with Crippen LogP contribution in [0.1, 0.15) is 27.2 Å². The fourth-order valence-corrected chi connectivity index (χ4v) is 4.07. The van der Waals surface area contributed by atoms with Crippen molar-refractivity contribution in [3.63, 3.8) is 0 Å². The van der Waals surface area contributed by atoms with E-state index in [1.54, 1.807) is 53.2 Å². The number of benzene rings is 3. The number of anilines is 1. The fraction of sp³-hybridized carbons (Fsp3) is 0.120. The Morgan fingerprint density at radius 3 is 2.50 bits per heavy atom. The van der Waals surface area contributed by atoms with E-state index in [0.29, 0.717) is 43.8 Å². The number of hydrogen-bond donors (Lipinski definition) is 1. The van der Waals surface area contributed by atoms with E-state index in [9.17, 15) is 4.79 Å². The quantitative estimate of drug-likeness (QED) is 0.264. The van der Waals surface area contributed by atoms with Gasteiger partial charge in [0.25, 0.3) is 5.91 Å². The number of hydrogen-bond acceptors (Lipinski definition) is 3. The molecule has 0 unspecified atom stereocenters. The molecular formula is C25H19Cl4N3O2. The monoisotopic (exact) mass is 533 g/mol. The SMILES string of the molecule is Cc1cc(NC(=O)c2cccc(COc3ccc(Cl)cc3Cl)c2)nn1Cc1ccc(Cl)c(Cl)c1. The Morgan fingerprint density at radius 2 is 1.74 bits per heavy atom. The highest BCUT2D eigenvalue weighted by Crippen LogP contribution is 2.28. The van der Waals surface area contributed by atoms with Crippen LogP contribution in [0.5, 0.6) is 5.75 Å². The van der Waals surface area contributed by atoms with Gasteiger partial charge >= 0.3 is 0 Å². The maximum atomic E-state index is 12.8. The van der Waals surface area contributed by atoms with Gasteiger partial charge in [0, 0.05) is 22.3 Å². The van der Waals surface area contributed by atoms with Gasteiger partial charge in [-0.1, -0.05) is 64.6 Å². The first kappa shape index (κ1) is 24.4. The third-order valence-electron chi connectivity index (χ3n) is 5.02. The molecule has 1 heterocycles. The molecule has 4 aromatic rings. The van der Waals surface area contributed by atoms with Crippen molar-refractivity contribution in [2.24, 2.45) is 0 Å². The number of aryl methyl sites for hydroxylation is 1. The maximum Gasteiger partial charge on any atom is 0.256 e. The molecule has 0 bridgehead atoms. The molecule has 0 radical (unpaired) electrons. The van der Waals surface area contributed by atoms with Gasteiger partial charge < -0.3 is 10.1 Å². The lowest BCUT2D eigenvalue weighted by Gasteiger charge is -2.09. The summed E-state index contributed by atoms with van der Waals surface area (Å²) in [5.41, 5.74) is 3.15. The molecule has 174 valence electrons. The minimum atomic E-state index is -0.273. The van der Waals surface area contributed by atoms with E-state index in [4.69, 9.17) is 51.1 Å². The number of halogens is 4. The van der Waals surface area contributed by atoms with E-state index in [2.05, 4.69) is 10.4 Å². The number of carbonyl (C=O) groups excluding carboxylic acids is 1. The minimum Gasteiger partial charge on any atom is -0.487 e. The van der Waals surface area contributed by atoms with Crippen molar-refractivity contribution in [2.45, 2.75) is 20.1 Å². The fourth-order valence-electron chi connectivity index (χ4n) is 3.29. The van der Waals surface area contributed by atoms with Gasteiger partial charge in [-0.05, 0) is 60.5 Å². The van der Waals surface area contributed by atoms with Crippen molar-refractivity contribution in [2.75, 3.05) is 5.32 Å². The highest BCUT2D eigenvalue weighted by molar-refractivity contribution is 6.42. The molecule has 0 spiro atoms. The second-order valence-corrected chi connectivity index (χ2v) is 9.25. The zero-order valence-corrected chi connectivity index (χ0v) is 21.0. The van der Waals surface area contributed by atoms with Gasteiger partial charge in [-0.25, -0.2) is 0 Å². The lowest BCUT2D eigenvalue weighted by molar-refractivity contribution is 0.102. The molecule has 1 N–H and O–H groups in total. The van der Waals surface area contributed by atoms with E-state index in [-0.39, 0.29) is 12.5 Å². The lowest BCUT2D eigenvalue weighted by Crippen LogP contribution is -2.13. The number of nitrogens with zero attached hydrogens (tertiary/aromatic N) is 2. The van der Waals surface area contributed by atoms with E-state index < -0.39 is 0 Å². The van der Waals surface area contributed by atoms with Crippen LogP contribution in [-0.4, -0.2) is 15.7 Å². The highest BCUT2D eigenvalue weighted by atomic mass is 35.5. The average Bonchev–Trinajstić information content (AvgIpc) is 3.14. The summed E-state index contributed by atoms with van der Waals surface area (Å²) in [5, 5.41) is 9.29. The molecule has 1 aromatic heterocycles. The standard InChI is InChI=1S/C25H19Cl4N3O2/c1-15-9-24(31-32(15)13-16-5-7-20(27)21(28)11-16)30-25(33)18-4-2-3-17(10-18)14-34-23-8-6-19(26)12-22(23)29/h2-12H,13-14H2,1H3,(H,30,31,33). The van der Waals surface area contributed by atoms with Crippen molar-refractivity contribution in [1.29, 1.82) is 0 Å². The molecule has 0 saturated heterocycles. The number of nitrogens with one attached hydrogen (secondary N) is 1. The first-order valence-electron chi connectivity index (χ1n) is 10.2. The van der Waals surface area contributed by atoms with Crippen molar-refractivity contribution >= 4 is 58.1 Å². The average molecular weight is 535 g/mol.